The molecule has 1 aliphatic rings. The third-order valence-electron chi connectivity index (χ3n) is 4.47. The predicted molar refractivity (Wildman–Crippen MR) is 89.4 cm³/mol. The molecule has 21 heavy (non-hydrogen) atoms. The van der Waals surface area contributed by atoms with Gasteiger partial charge in [0.15, 0.2) is 0 Å². The van der Waals surface area contributed by atoms with Crippen LogP contribution in [0.25, 0.3) is 0 Å². The van der Waals surface area contributed by atoms with Gasteiger partial charge in [-0.25, -0.2) is 0 Å². The fraction of sp³-hybridized carbons (Fsp3) is 0.706. The molecule has 0 bridgehead atoms. The second-order valence-electron chi connectivity index (χ2n) is 6.44. The Morgan fingerprint density at radius 3 is 2.57 bits per heavy atom. The van der Waals surface area contributed by atoms with E-state index in [1.165, 1.54) is 9.75 Å². The summed E-state index contributed by atoms with van der Waals surface area (Å²) in [7, 11) is 0. The molecule has 2 rings (SSSR count). The molecule has 0 aromatic carbocycles. The molecule has 1 amide bonds. The highest BCUT2D eigenvalue weighted by Gasteiger charge is 2.42. The summed E-state index contributed by atoms with van der Waals surface area (Å²) in [5.74, 6) is 0.741. The Hall–Kier alpha value is -0.870. The number of thiophene rings is 1. The fourth-order valence-corrected chi connectivity index (χ4v) is 3.78. The van der Waals surface area contributed by atoms with Crippen LogP contribution in [-0.4, -0.2) is 22.9 Å². The van der Waals surface area contributed by atoms with E-state index in [1.807, 2.05) is 0 Å². The first kappa shape index (κ1) is 16.5. The first-order valence-electron chi connectivity index (χ1n) is 8.10. The van der Waals surface area contributed by atoms with Crippen molar-refractivity contribution in [3.8, 4) is 0 Å². The van der Waals surface area contributed by atoms with Gasteiger partial charge < -0.3 is 4.90 Å². The highest BCUT2D eigenvalue weighted by atomic mass is 32.1. The predicted octanol–water partition coefficient (Wildman–Crippen LogP) is 4.09. The van der Waals surface area contributed by atoms with Gasteiger partial charge in [-0.2, -0.15) is 0 Å². The third kappa shape index (κ3) is 3.49. The lowest BCUT2D eigenvalue weighted by atomic mass is 10.0. The van der Waals surface area contributed by atoms with Gasteiger partial charge in [0.05, 0.1) is 6.04 Å². The molecular weight excluding hydrogens is 280 g/mol. The van der Waals surface area contributed by atoms with Crippen molar-refractivity contribution in [3.63, 3.8) is 0 Å². The quantitative estimate of drug-likeness (QED) is 0.858. The Balaban J connectivity index is 2.25. The zero-order valence-corrected chi connectivity index (χ0v) is 14.7. The molecule has 1 fully saturated rings. The van der Waals surface area contributed by atoms with Gasteiger partial charge in [-0.05, 0) is 38.3 Å². The van der Waals surface area contributed by atoms with Crippen molar-refractivity contribution < 1.29 is 4.79 Å². The average molecular weight is 308 g/mol. The molecule has 0 aliphatic carbocycles. The lowest BCUT2D eigenvalue weighted by Crippen LogP contribution is -2.41. The van der Waals surface area contributed by atoms with Gasteiger partial charge in [0.25, 0.3) is 0 Å². The average Bonchev–Trinajstić information content (AvgIpc) is 2.99. The maximum absolute atomic E-state index is 12.8. The van der Waals surface area contributed by atoms with Crippen LogP contribution in [0, 0.1) is 12.8 Å². The van der Waals surface area contributed by atoms with E-state index in [4.69, 9.17) is 0 Å². The monoisotopic (exact) mass is 308 g/mol. The van der Waals surface area contributed by atoms with Crippen molar-refractivity contribution in [1.29, 1.82) is 0 Å². The number of hydrogen-bond donors (Lipinski definition) is 1. The SMILES string of the molecule is CCCCC1NC(c2ccc(C)s2)N(C(C)C(C)C)C1=O. The second kappa shape index (κ2) is 6.93. The molecule has 118 valence electrons. The molecule has 1 aromatic rings. The van der Waals surface area contributed by atoms with Crippen molar-refractivity contribution in [3.05, 3.63) is 21.9 Å². The first-order valence-corrected chi connectivity index (χ1v) is 8.91. The zero-order valence-electron chi connectivity index (χ0n) is 13.8. The van der Waals surface area contributed by atoms with E-state index in [0.29, 0.717) is 5.92 Å². The van der Waals surface area contributed by atoms with Crippen molar-refractivity contribution in [1.82, 2.24) is 10.2 Å². The topological polar surface area (TPSA) is 32.3 Å². The number of amides is 1. The Labute approximate surface area is 132 Å². The molecule has 3 nitrogen and oxygen atoms in total. The van der Waals surface area contributed by atoms with Crippen molar-refractivity contribution in [2.45, 2.75) is 72.1 Å². The Bertz CT molecular complexity index is 483. The molecule has 2 heterocycles. The van der Waals surface area contributed by atoms with Crippen molar-refractivity contribution in [2.24, 2.45) is 5.92 Å². The number of carbonyl (C=O) groups is 1. The lowest BCUT2D eigenvalue weighted by Gasteiger charge is -2.32. The molecule has 3 atom stereocenters. The number of carbonyl (C=O) groups excluding carboxylic acids is 1. The minimum atomic E-state index is -0.0152. The summed E-state index contributed by atoms with van der Waals surface area (Å²) in [4.78, 5) is 17.5. The van der Waals surface area contributed by atoms with Crippen molar-refractivity contribution in [2.75, 3.05) is 0 Å². The molecule has 1 N–H and O–H groups in total. The van der Waals surface area contributed by atoms with E-state index < -0.39 is 0 Å². The summed E-state index contributed by atoms with van der Waals surface area (Å²) in [6.07, 6.45) is 3.23. The first-order chi connectivity index (χ1) is 9.95. The van der Waals surface area contributed by atoms with Crippen molar-refractivity contribution >= 4 is 17.2 Å². The smallest absolute Gasteiger partial charge is 0.241 e. The second-order valence-corrected chi connectivity index (χ2v) is 7.76. The molecule has 0 radical (unpaired) electrons. The molecule has 1 aromatic heterocycles. The molecule has 1 saturated heterocycles. The Kier molecular flexibility index (Phi) is 5.44. The van der Waals surface area contributed by atoms with E-state index in [0.717, 1.165) is 19.3 Å². The summed E-state index contributed by atoms with van der Waals surface area (Å²) in [6, 6.07) is 4.54. The van der Waals surface area contributed by atoms with Gasteiger partial charge in [0, 0.05) is 15.8 Å². The fourth-order valence-electron chi connectivity index (χ4n) is 2.84. The number of unbranched alkanes of at least 4 members (excludes halogenated alkanes) is 1. The zero-order chi connectivity index (χ0) is 15.6. The minimum absolute atomic E-state index is 0.0152. The van der Waals surface area contributed by atoms with Gasteiger partial charge in [-0.15, -0.1) is 11.3 Å². The molecule has 3 unspecified atom stereocenters. The van der Waals surface area contributed by atoms with Crippen LogP contribution in [0.3, 0.4) is 0 Å². The summed E-state index contributed by atoms with van der Waals surface area (Å²) < 4.78 is 0. The Morgan fingerprint density at radius 1 is 1.33 bits per heavy atom. The summed E-state index contributed by atoms with van der Waals surface area (Å²) in [5.41, 5.74) is 0. The van der Waals surface area contributed by atoms with Crippen LogP contribution in [0.5, 0.6) is 0 Å². The van der Waals surface area contributed by atoms with Crippen LogP contribution in [-0.2, 0) is 4.79 Å². The number of aryl methyl sites for hydroxylation is 1. The van der Waals surface area contributed by atoms with E-state index >= 15 is 0 Å². The molecule has 1 aliphatic heterocycles. The largest absolute Gasteiger partial charge is 0.318 e. The van der Waals surface area contributed by atoms with Gasteiger partial charge in [-0.3, -0.25) is 10.1 Å². The maximum Gasteiger partial charge on any atom is 0.241 e. The summed E-state index contributed by atoms with van der Waals surface area (Å²) in [5, 5.41) is 3.58. The van der Waals surface area contributed by atoms with Gasteiger partial charge in [0.2, 0.25) is 5.91 Å². The van der Waals surface area contributed by atoms with Crippen LogP contribution in [0.1, 0.15) is 62.9 Å². The van der Waals surface area contributed by atoms with Gasteiger partial charge >= 0.3 is 0 Å². The third-order valence-corrected chi connectivity index (χ3v) is 5.52. The standard InChI is InChI=1S/C17H28N2OS/c1-6-7-8-14-17(20)19(13(5)11(2)3)16(18-14)15-10-9-12(4)21-15/h9-11,13-14,16,18H,6-8H2,1-5H3. The molecule has 0 spiro atoms. The summed E-state index contributed by atoms with van der Waals surface area (Å²) >= 11 is 1.79. The molecule has 4 heteroatoms. The van der Waals surface area contributed by atoms with Crippen LogP contribution >= 0.6 is 11.3 Å². The number of rotatable bonds is 6. The number of nitrogens with one attached hydrogen (secondary N) is 1. The van der Waals surface area contributed by atoms with E-state index in [2.05, 4.69) is 57.0 Å². The van der Waals surface area contributed by atoms with Gasteiger partial charge in [-0.1, -0.05) is 33.6 Å². The minimum Gasteiger partial charge on any atom is -0.318 e. The van der Waals surface area contributed by atoms with E-state index in [9.17, 15) is 4.79 Å². The number of nitrogens with zero attached hydrogens (tertiary/aromatic N) is 1. The highest BCUT2D eigenvalue weighted by Crippen LogP contribution is 2.34. The molecular formula is C17H28N2OS. The van der Waals surface area contributed by atoms with Crippen LogP contribution in [0.2, 0.25) is 0 Å². The highest BCUT2D eigenvalue weighted by molar-refractivity contribution is 7.12. The number of hydrogen-bond acceptors (Lipinski definition) is 3. The molecule has 0 saturated carbocycles. The van der Waals surface area contributed by atoms with E-state index in [-0.39, 0.29) is 24.2 Å². The van der Waals surface area contributed by atoms with Crippen LogP contribution in [0.4, 0.5) is 0 Å². The van der Waals surface area contributed by atoms with Gasteiger partial charge in [0.1, 0.15) is 6.17 Å². The van der Waals surface area contributed by atoms with Crippen LogP contribution < -0.4 is 5.32 Å². The maximum atomic E-state index is 12.8. The Morgan fingerprint density at radius 2 is 2.05 bits per heavy atom. The summed E-state index contributed by atoms with van der Waals surface area (Å²) in [6.45, 7) is 10.8. The normalized spacial score (nSPS) is 24.1. The van der Waals surface area contributed by atoms with E-state index in [1.54, 1.807) is 11.3 Å². The van der Waals surface area contributed by atoms with Crippen LogP contribution in [0.15, 0.2) is 12.1 Å². The lowest BCUT2D eigenvalue weighted by molar-refractivity contribution is -0.133.